The van der Waals surface area contributed by atoms with E-state index in [2.05, 4.69) is 10.4 Å². The van der Waals surface area contributed by atoms with Gasteiger partial charge in [0.25, 0.3) is 5.91 Å². The second-order valence-electron chi connectivity index (χ2n) is 4.61. The maximum Gasteiger partial charge on any atom is 0.343 e. The number of nitrogens with two attached hydrogens (primary N) is 1. The molecule has 1 aromatic carbocycles. The van der Waals surface area contributed by atoms with Gasteiger partial charge in [0.1, 0.15) is 11.4 Å². The van der Waals surface area contributed by atoms with Crippen LogP contribution in [0.25, 0.3) is 0 Å². The van der Waals surface area contributed by atoms with Gasteiger partial charge in [-0.15, -0.1) is 0 Å². The number of rotatable bonds is 5. The SMILES string of the molecule is CCOC(=O)c1cnn(C)c1NC(=O)c1ccc(CN)cc1. The monoisotopic (exact) mass is 302 g/mol. The van der Waals surface area contributed by atoms with Gasteiger partial charge in [-0.3, -0.25) is 9.48 Å². The molecule has 7 heteroatoms. The van der Waals surface area contributed by atoms with E-state index in [0.717, 1.165) is 5.56 Å². The molecule has 0 aliphatic rings. The van der Waals surface area contributed by atoms with Crippen molar-refractivity contribution in [2.75, 3.05) is 11.9 Å². The number of aryl methyl sites for hydroxylation is 1. The van der Waals surface area contributed by atoms with E-state index in [0.29, 0.717) is 17.9 Å². The van der Waals surface area contributed by atoms with Crippen molar-refractivity contribution in [3.05, 3.63) is 47.2 Å². The molecule has 0 radical (unpaired) electrons. The Kier molecular flexibility index (Phi) is 4.90. The molecule has 0 fully saturated rings. The van der Waals surface area contributed by atoms with Gasteiger partial charge in [0.05, 0.1) is 12.8 Å². The van der Waals surface area contributed by atoms with Crippen LogP contribution >= 0.6 is 0 Å². The number of nitrogens with zero attached hydrogens (tertiary/aromatic N) is 2. The van der Waals surface area contributed by atoms with Gasteiger partial charge in [-0.25, -0.2) is 4.79 Å². The van der Waals surface area contributed by atoms with Crippen molar-refractivity contribution in [3.63, 3.8) is 0 Å². The van der Waals surface area contributed by atoms with Gasteiger partial charge in [0, 0.05) is 19.2 Å². The van der Waals surface area contributed by atoms with Crippen LogP contribution in [0.15, 0.2) is 30.5 Å². The molecule has 1 amide bonds. The molecule has 0 saturated carbocycles. The molecule has 1 aromatic heterocycles. The molecule has 3 N–H and O–H groups in total. The molecule has 0 atom stereocenters. The molecule has 0 bridgehead atoms. The number of aromatic nitrogens is 2. The van der Waals surface area contributed by atoms with Crippen LogP contribution < -0.4 is 11.1 Å². The Morgan fingerprint density at radius 3 is 2.59 bits per heavy atom. The lowest BCUT2D eigenvalue weighted by Crippen LogP contribution is -2.17. The Labute approximate surface area is 128 Å². The summed E-state index contributed by atoms with van der Waals surface area (Å²) in [5.41, 5.74) is 7.14. The number of amides is 1. The summed E-state index contributed by atoms with van der Waals surface area (Å²) in [7, 11) is 1.63. The molecule has 0 unspecified atom stereocenters. The third-order valence-electron chi connectivity index (χ3n) is 3.12. The van der Waals surface area contributed by atoms with Crippen LogP contribution in [0.5, 0.6) is 0 Å². The molecule has 1 heterocycles. The van der Waals surface area contributed by atoms with Crippen LogP contribution in [-0.4, -0.2) is 28.3 Å². The van der Waals surface area contributed by atoms with Crippen molar-refractivity contribution >= 4 is 17.7 Å². The number of hydrogen-bond donors (Lipinski definition) is 2. The Bertz CT molecular complexity index is 677. The fraction of sp³-hybridized carbons (Fsp3) is 0.267. The zero-order valence-corrected chi connectivity index (χ0v) is 12.5. The van der Waals surface area contributed by atoms with E-state index in [4.69, 9.17) is 10.5 Å². The van der Waals surface area contributed by atoms with Crippen LogP contribution in [0.1, 0.15) is 33.2 Å². The van der Waals surface area contributed by atoms with Gasteiger partial charge in [0.15, 0.2) is 0 Å². The third kappa shape index (κ3) is 3.32. The summed E-state index contributed by atoms with van der Waals surface area (Å²) < 4.78 is 6.36. The maximum atomic E-state index is 12.3. The predicted octanol–water partition coefficient (Wildman–Crippen LogP) is 1.31. The Balaban J connectivity index is 2.20. The highest BCUT2D eigenvalue weighted by atomic mass is 16.5. The summed E-state index contributed by atoms with van der Waals surface area (Å²) in [6.07, 6.45) is 1.37. The zero-order chi connectivity index (χ0) is 16.1. The van der Waals surface area contributed by atoms with Crippen molar-refractivity contribution < 1.29 is 14.3 Å². The van der Waals surface area contributed by atoms with Gasteiger partial charge in [-0.1, -0.05) is 12.1 Å². The summed E-state index contributed by atoms with van der Waals surface area (Å²) in [5, 5.41) is 6.66. The highest BCUT2D eigenvalue weighted by Crippen LogP contribution is 2.17. The number of esters is 1. The molecule has 0 saturated heterocycles. The summed E-state index contributed by atoms with van der Waals surface area (Å²) in [6.45, 7) is 2.38. The second-order valence-corrected chi connectivity index (χ2v) is 4.61. The first-order valence-electron chi connectivity index (χ1n) is 6.86. The first kappa shape index (κ1) is 15.7. The third-order valence-corrected chi connectivity index (χ3v) is 3.12. The predicted molar refractivity (Wildman–Crippen MR) is 81.5 cm³/mol. The molecule has 0 aliphatic carbocycles. The lowest BCUT2D eigenvalue weighted by Gasteiger charge is -2.08. The van der Waals surface area contributed by atoms with E-state index in [1.54, 1.807) is 38.2 Å². The summed E-state index contributed by atoms with van der Waals surface area (Å²) in [5.74, 6) is -0.562. The van der Waals surface area contributed by atoms with E-state index in [-0.39, 0.29) is 18.1 Å². The number of anilines is 1. The number of ether oxygens (including phenoxy) is 1. The molecule has 0 aliphatic heterocycles. The van der Waals surface area contributed by atoms with E-state index in [9.17, 15) is 9.59 Å². The van der Waals surface area contributed by atoms with E-state index < -0.39 is 5.97 Å². The highest BCUT2D eigenvalue weighted by Gasteiger charge is 2.19. The number of carbonyl (C=O) groups excluding carboxylic acids is 2. The molecular weight excluding hydrogens is 284 g/mol. The highest BCUT2D eigenvalue weighted by molar-refractivity contribution is 6.07. The van der Waals surface area contributed by atoms with E-state index >= 15 is 0 Å². The summed E-state index contributed by atoms with van der Waals surface area (Å²) >= 11 is 0. The summed E-state index contributed by atoms with van der Waals surface area (Å²) in [6, 6.07) is 6.92. The number of benzene rings is 1. The minimum absolute atomic E-state index is 0.219. The average Bonchev–Trinajstić information content (AvgIpc) is 2.89. The van der Waals surface area contributed by atoms with E-state index in [1.807, 2.05) is 0 Å². The Morgan fingerprint density at radius 1 is 1.32 bits per heavy atom. The molecule has 22 heavy (non-hydrogen) atoms. The lowest BCUT2D eigenvalue weighted by atomic mass is 10.1. The fourth-order valence-corrected chi connectivity index (χ4v) is 1.92. The molecule has 0 spiro atoms. The molecule has 7 nitrogen and oxygen atoms in total. The standard InChI is InChI=1S/C15H18N4O3/c1-3-22-15(21)12-9-17-19(2)13(12)18-14(20)11-6-4-10(8-16)5-7-11/h4-7,9H,3,8,16H2,1-2H3,(H,18,20). The van der Waals surface area contributed by atoms with Crippen molar-refractivity contribution in [2.24, 2.45) is 12.8 Å². The molecule has 2 aromatic rings. The number of hydrogen-bond acceptors (Lipinski definition) is 5. The Morgan fingerprint density at radius 2 is 2.00 bits per heavy atom. The van der Waals surface area contributed by atoms with Crippen LogP contribution in [0.4, 0.5) is 5.82 Å². The van der Waals surface area contributed by atoms with Gasteiger partial charge in [0.2, 0.25) is 0 Å². The van der Waals surface area contributed by atoms with Gasteiger partial charge >= 0.3 is 5.97 Å². The van der Waals surface area contributed by atoms with Gasteiger partial charge in [-0.05, 0) is 24.6 Å². The summed E-state index contributed by atoms with van der Waals surface area (Å²) in [4.78, 5) is 24.1. The molecule has 2 rings (SSSR count). The van der Waals surface area contributed by atoms with Gasteiger partial charge < -0.3 is 15.8 Å². The van der Waals surface area contributed by atoms with Crippen LogP contribution in [-0.2, 0) is 18.3 Å². The number of carbonyl (C=O) groups is 2. The normalized spacial score (nSPS) is 10.3. The lowest BCUT2D eigenvalue weighted by molar-refractivity contribution is 0.0527. The van der Waals surface area contributed by atoms with Crippen LogP contribution in [0.3, 0.4) is 0 Å². The van der Waals surface area contributed by atoms with Gasteiger partial charge in [-0.2, -0.15) is 5.10 Å². The Hall–Kier alpha value is -2.67. The maximum absolute atomic E-state index is 12.3. The topological polar surface area (TPSA) is 99.2 Å². The van der Waals surface area contributed by atoms with Crippen LogP contribution in [0, 0.1) is 0 Å². The van der Waals surface area contributed by atoms with Crippen molar-refractivity contribution in [3.8, 4) is 0 Å². The average molecular weight is 302 g/mol. The van der Waals surface area contributed by atoms with Crippen molar-refractivity contribution in [1.29, 1.82) is 0 Å². The smallest absolute Gasteiger partial charge is 0.343 e. The van der Waals surface area contributed by atoms with Crippen molar-refractivity contribution in [1.82, 2.24) is 9.78 Å². The largest absolute Gasteiger partial charge is 0.462 e. The first-order chi connectivity index (χ1) is 10.6. The van der Waals surface area contributed by atoms with Crippen LogP contribution in [0.2, 0.25) is 0 Å². The quantitative estimate of drug-likeness (QED) is 0.811. The van der Waals surface area contributed by atoms with Crippen molar-refractivity contribution in [2.45, 2.75) is 13.5 Å². The minimum Gasteiger partial charge on any atom is -0.462 e. The minimum atomic E-state index is -0.524. The first-order valence-corrected chi connectivity index (χ1v) is 6.86. The fourth-order valence-electron chi connectivity index (χ4n) is 1.92. The number of nitrogens with one attached hydrogen (secondary N) is 1. The zero-order valence-electron chi connectivity index (χ0n) is 12.5. The molecule has 116 valence electrons. The molecular formula is C15H18N4O3. The second kappa shape index (κ2) is 6.86. The van der Waals surface area contributed by atoms with E-state index in [1.165, 1.54) is 10.9 Å².